The Morgan fingerprint density at radius 2 is 1.85 bits per heavy atom. The van der Waals surface area contributed by atoms with Crippen molar-refractivity contribution >= 4 is 28.8 Å². The minimum atomic E-state index is -4.79. The van der Waals surface area contributed by atoms with Crippen molar-refractivity contribution in [3.63, 3.8) is 0 Å². The normalized spacial score (nSPS) is 16.2. The molecule has 1 saturated carbocycles. The van der Waals surface area contributed by atoms with Gasteiger partial charge in [-0.3, -0.25) is 0 Å². The molecule has 2 heterocycles. The number of aromatic carboxylic acids is 1. The number of ether oxygens (including phenoxy) is 1. The lowest BCUT2D eigenvalue weighted by Gasteiger charge is -2.34. The van der Waals surface area contributed by atoms with Crippen molar-refractivity contribution in [1.82, 2.24) is 14.9 Å². The predicted molar refractivity (Wildman–Crippen MR) is 134 cm³/mol. The number of thiazole rings is 1. The van der Waals surface area contributed by atoms with E-state index in [2.05, 4.69) is 29.2 Å². The van der Waals surface area contributed by atoms with E-state index in [1.54, 1.807) is 6.07 Å². The van der Waals surface area contributed by atoms with Crippen molar-refractivity contribution in [3.8, 4) is 16.3 Å². The van der Waals surface area contributed by atoms with Crippen LogP contribution in [-0.4, -0.2) is 38.6 Å². The van der Waals surface area contributed by atoms with Gasteiger partial charge in [-0.05, 0) is 49.3 Å². The van der Waals surface area contributed by atoms with Crippen LogP contribution < -0.4 is 15.1 Å². The second-order valence-corrected chi connectivity index (χ2v) is 11.0. The fourth-order valence-electron chi connectivity index (χ4n) is 4.52. The molecule has 1 aliphatic rings. The minimum absolute atomic E-state index is 0.0914. The van der Waals surface area contributed by atoms with Gasteiger partial charge in [-0.15, -0.1) is 21.8 Å². The second kappa shape index (κ2) is 10.3. The summed E-state index contributed by atoms with van der Waals surface area (Å²) in [7, 11) is 1.15. The van der Waals surface area contributed by atoms with Crippen molar-refractivity contribution in [1.29, 1.82) is 0 Å². The van der Waals surface area contributed by atoms with Crippen molar-refractivity contribution in [2.75, 3.05) is 12.5 Å². The molecular formula is C25H27F4N4O5S+. The van der Waals surface area contributed by atoms with Crippen molar-refractivity contribution in [2.24, 2.45) is 5.41 Å². The number of aromatic nitrogens is 2. The number of carbonyl (C=O) groups is 1. The Morgan fingerprint density at radius 1 is 1.18 bits per heavy atom. The minimum Gasteiger partial charge on any atom is -0.494 e. The van der Waals surface area contributed by atoms with E-state index in [1.807, 2.05) is 0 Å². The molecule has 0 spiro atoms. The number of carboxylic acids is 1. The summed E-state index contributed by atoms with van der Waals surface area (Å²) in [6.45, 7) is 4.27. The SMILES string of the molecule is COc1cc(C(=O)O)c(F)cc1N[N+](O)(O)c1csc(-c2ccc(C3CCC(C)(C)CC3)nc2C(F)(F)F)n1. The molecule has 0 unspecified atom stereocenters. The molecule has 9 nitrogen and oxygen atoms in total. The summed E-state index contributed by atoms with van der Waals surface area (Å²) >= 11 is 0.721. The van der Waals surface area contributed by atoms with E-state index < -0.39 is 40.0 Å². The highest BCUT2D eigenvalue weighted by molar-refractivity contribution is 7.13. The van der Waals surface area contributed by atoms with Crippen molar-refractivity contribution in [2.45, 2.75) is 51.6 Å². The highest BCUT2D eigenvalue weighted by Crippen LogP contribution is 2.44. The Kier molecular flexibility index (Phi) is 7.60. The maximum atomic E-state index is 14.2. The summed E-state index contributed by atoms with van der Waals surface area (Å²) in [5, 5.41) is 31.1. The average molecular weight is 572 g/mol. The van der Waals surface area contributed by atoms with Crippen molar-refractivity contribution in [3.05, 3.63) is 52.4 Å². The van der Waals surface area contributed by atoms with Crippen LogP contribution in [0.5, 0.6) is 5.75 Å². The lowest BCUT2D eigenvalue weighted by atomic mass is 9.72. The highest BCUT2D eigenvalue weighted by Gasteiger charge is 2.40. The first-order valence-corrected chi connectivity index (χ1v) is 12.8. The van der Waals surface area contributed by atoms with E-state index in [1.165, 1.54) is 6.07 Å². The molecule has 210 valence electrons. The van der Waals surface area contributed by atoms with Gasteiger partial charge in [-0.25, -0.2) is 14.2 Å². The fourth-order valence-corrected chi connectivity index (χ4v) is 5.37. The van der Waals surface area contributed by atoms with E-state index in [-0.39, 0.29) is 33.3 Å². The third kappa shape index (κ3) is 6.13. The molecule has 3 aromatic rings. The van der Waals surface area contributed by atoms with Crippen LogP contribution in [0.2, 0.25) is 0 Å². The van der Waals surface area contributed by atoms with Crippen LogP contribution in [-0.2, 0) is 6.18 Å². The van der Waals surface area contributed by atoms with Crippen LogP contribution >= 0.6 is 11.3 Å². The molecule has 4 rings (SSSR count). The van der Waals surface area contributed by atoms with E-state index in [9.17, 15) is 32.8 Å². The van der Waals surface area contributed by atoms with Gasteiger partial charge < -0.3 is 9.84 Å². The average Bonchev–Trinajstić information content (AvgIpc) is 3.34. The Morgan fingerprint density at radius 3 is 2.44 bits per heavy atom. The summed E-state index contributed by atoms with van der Waals surface area (Å²) in [4.78, 5) is 16.9. The zero-order valence-electron chi connectivity index (χ0n) is 21.2. The van der Waals surface area contributed by atoms with Crippen LogP contribution in [0.25, 0.3) is 10.6 Å². The number of nitrogens with one attached hydrogen (secondary N) is 1. The number of carboxylic acid groups (broad SMARTS) is 1. The Balaban J connectivity index is 1.64. The number of halogens is 4. The lowest BCUT2D eigenvalue weighted by molar-refractivity contribution is -0.274. The van der Waals surface area contributed by atoms with E-state index in [4.69, 9.17) is 9.84 Å². The number of alkyl halides is 3. The van der Waals surface area contributed by atoms with Gasteiger partial charge in [0.2, 0.25) is 0 Å². The van der Waals surface area contributed by atoms with Gasteiger partial charge in [0.1, 0.15) is 27.2 Å². The highest BCUT2D eigenvalue weighted by atomic mass is 32.1. The van der Waals surface area contributed by atoms with Gasteiger partial charge in [0.15, 0.2) is 5.69 Å². The largest absolute Gasteiger partial charge is 0.494 e. The van der Waals surface area contributed by atoms with Gasteiger partial charge in [0, 0.05) is 23.2 Å². The zero-order valence-corrected chi connectivity index (χ0v) is 22.0. The molecular weight excluding hydrogens is 544 g/mol. The molecule has 39 heavy (non-hydrogen) atoms. The monoisotopic (exact) mass is 571 g/mol. The quantitative estimate of drug-likeness (QED) is 0.138. The molecule has 4 N–H and O–H groups in total. The first-order chi connectivity index (χ1) is 18.1. The molecule has 14 heteroatoms. The van der Waals surface area contributed by atoms with E-state index >= 15 is 0 Å². The maximum absolute atomic E-state index is 14.2. The molecule has 0 radical (unpaired) electrons. The lowest BCUT2D eigenvalue weighted by Crippen LogP contribution is -2.48. The summed E-state index contributed by atoms with van der Waals surface area (Å²) < 4.78 is 61.4. The fraction of sp³-hybridized carbons (Fsp3) is 0.400. The molecule has 1 fully saturated rings. The summed E-state index contributed by atoms with van der Waals surface area (Å²) in [5.41, 5.74) is 0.109. The van der Waals surface area contributed by atoms with E-state index in [0.29, 0.717) is 11.8 Å². The predicted octanol–water partition coefficient (Wildman–Crippen LogP) is 6.87. The van der Waals surface area contributed by atoms with Crippen LogP contribution in [0.3, 0.4) is 0 Å². The van der Waals surface area contributed by atoms with Gasteiger partial charge in [0.25, 0.3) is 0 Å². The molecule has 2 aromatic heterocycles. The molecule has 1 aliphatic carbocycles. The zero-order chi connectivity index (χ0) is 28.8. The van der Waals surface area contributed by atoms with Gasteiger partial charge in [0.05, 0.1) is 18.1 Å². The number of rotatable bonds is 7. The number of hydrogen-bond donors (Lipinski definition) is 4. The van der Waals surface area contributed by atoms with E-state index in [0.717, 1.165) is 55.6 Å². The molecule has 0 atom stereocenters. The number of pyridine rings is 1. The Hall–Kier alpha value is -3.33. The van der Waals surface area contributed by atoms with Gasteiger partial charge in [-0.1, -0.05) is 13.8 Å². The summed E-state index contributed by atoms with van der Waals surface area (Å²) in [6, 6.07) is 4.34. The van der Waals surface area contributed by atoms with Crippen LogP contribution in [0, 0.1) is 11.2 Å². The Labute approximate surface area is 224 Å². The number of methoxy groups -OCH3 is 1. The number of hydrogen-bond acceptors (Lipinski definition) is 8. The number of benzene rings is 1. The smallest absolute Gasteiger partial charge is 0.434 e. The standard InChI is InChI=1S/C25H26F4N4O5S/c1-24(2)8-6-13(7-9-24)17-5-4-14(21(30-17)25(27,28)29)22-31-20(12-39-22)33(36,37)32-18-11-16(26)15(23(34)35)10-19(18)38-3/h4-5,10-13,32,36-37H,6-9H2,1-3H3/p+1. The first kappa shape index (κ1) is 28.7. The molecule has 0 saturated heterocycles. The number of quaternary nitrogens is 1. The molecule has 1 aromatic carbocycles. The molecule has 0 bridgehead atoms. The number of nitrogens with zero attached hydrogens (tertiary/aromatic N) is 3. The summed E-state index contributed by atoms with van der Waals surface area (Å²) in [5.74, 6) is -3.62. The first-order valence-electron chi connectivity index (χ1n) is 11.9. The van der Waals surface area contributed by atoms with Crippen LogP contribution in [0.15, 0.2) is 29.6 Å². The van der Waals surface area contributed by atoms with Crippen LogP contribution in [0.1, 0.15) is 67.2 Å². The van der Waals surface area contributed by atoms with Gasteiger partial charge in [-0.2, -0.15) is 23.6 Å². The number of anilines is 1. The van der Waals surface area contributed by atoms with Crippen LogP contribution in [0.4, 0.5) is 29.1 Å². The van der Waals surface area contributed by atoms with Crippen molar-refractivity contribution < 1.29 is 42.6 Å². The third-order valence-electron chi connectivity index (χ3n) is 6.78. The van der Waals surface area contributed by atoms with Gasteiger partial charge >= 0.3 is 18.0 Å². The summed E-state index contributed by atoms with van der Waals surface area (Å²) in [6.07, 6.45) is -1.56. The topological polar surface area (TPSA) is 125 Å². The molecule has 0 aliphatic heterocycles. The third-order valence-corrected chi connectivity index (χ3v) is 7.64. The maximum Gasteiger partial charge on any atom is 0.434 e. The molecule has 0 amide bonds. The Bertz CT molecular complexity index is 1380. The second-order valence-electron chi connectivity index (χ2n) is 10.1.